The first-order chi connectivity index (χ1) is 18.2. The van der Waals surface area contributed by atoms with Crippen LogP contribution >= 0.6 is 11.6 Å². The lowest BCUT2D eigenvalue weighted by Crippen LogP contribution is -2.43. The number of aromatic nitrogens is 3. The Hall–Kier alpha value is -3.77. The molecule has 6 rings (SSSR count). The van der Waals surface area contributed by atoms with Crippen molar-refractivity contribution in [2.24, 2.45) is 11.8 Å². The summed E-state index contributed by atoms with van der Waals surface area (Å²) >= 11 is 6.11. The van der Waals surface area contributed by atoms with Gasteiger partial charge in [-0.15, -0.1) is 0 Å². The molecule has 2 aromatic heterocycles. The van der Waals surface area contributed by atoms with Gasteiger partial charge in [-0.05, 0) is 74.3 Å². The summed E-state index contributed by atoms with van der Waals surface area (Å²) in [5.74, 6) is -0.148. The Morgan fingerprint density at radius 1 is 1.29 bits per heavy atom. The fourth-order valence-electron chi connectivity index (χ4n) is 5.70. The smallest absolute Gasteiger partial charge is 0.254 e. The summed E-state index contributed by atoms with van der Waals surface area (Å²) in [5, 5.41) is 17.3. The molecule has 8 nitrogen and oxygen atoms in total. The van der Waals surface area contributed by atoms with Crippen molar-refractivity contribution in [1.82, 2.24) is 20.1 Å². The molecule has 0 spiro atoms. The molecule has 3 aliphatic rings. The number of anilines is 1. The summed E-state index contributed by atoms with van der Waals surface area (Å²) < 4.78 is 16.9. The number of hydrogen-bond acceptors (Lipinski definition) is 5. The maximum atomic E-state index is 15.3. The average molecular weight is 533 g/mol. The molecule has 2 saturated carbocycles. The van der Waals surface area contributed by atoms with Crippen LogP contribution in [0.25, 0.3) is 0 Å². The molecular weight excluding hydrogens is 507 g/mol. The van der Waals surface area contributed by atoms with Gasteiger partial charge < -0.3 is 5.32 Å². The number of amides is 2. The number of hydrogen-bond donors (Lipinski definition) is 1. The zero-order valence-corrected chi connectivity index (χ0v) is 21.7. The predicted octanol–water partition coefficient (Wildman–Crippen LogP) is 4.52. The number of nitrogens with zero attached hydrogens (tertiary/aromatic N) is 5. The molecule has 10 heteroatoms. The number of fused-ring (bicyclic) bond motifs is 1. The van der Waals surface area contributed by atoms with Gasteiger partial charge in [-0.1, -0.05) is 11.6 Å². The van der Waals surface area contributed by atoms with Crippen LogP contribution in [-0.2, 0) is 4.79 Å². The van der Waals surface area contributed by atoms with Crippen LogP contribution in [0.2, 0.25) is 5.02 Å². The largest absolute Gasteiger partial charge is 0.349 e. The van der Waals surface area contributed by atoms with Crippen molar-refractivity contribution in [3.63, 3.8) is 0 Å². The molecule has 1 saturated heterocycles. The first-order valence-corrected chi connectivity index (χ1v) is 13.1. The van der Waals surface area contributed by atoms with E-state index in [-0.39, 0.29) is 41.6 Å². The molecule has 1 aromatic carbocycles. The summed E-state index contributed by atoms with van der Waals surface area (Å²) in [4.78, 5) is 31.0. The molecule has 0 bridgehead atoms. The molecule has 3 heterocycles. The van der Waals surface area contributed by atoms with Crippen LogP contribution in [0.4, 0.5) is 10.2 Å². The number of benzene rings is 1. The maximum Gasteiger partial charge on any atom is 0.254 e. The van der Waals surface area contributed by atoms with Crippen molar-refractivity contribution in [3.05, 3.63) is 75.4 Å². The molecule has 1 N–H and O–H groups in total. The van der Waals surface area contributed by atoms with Gasteiger partial charge in [0.15, 0.2) is 11.6 Å². The summed E-state index contributed by atoms with van der Waals surface area (Å²) in [7, 11) is 0. The van der Waals surface area contributed by atoms with Crippen LogP contribution in [0.15, 0.2) is 36.8 Å². The highest BCUT2D eigenvalue weighted by atomic mass is 35.5. The minimum absolute atomic E-state index is 0.00813. The molecule has 3 atom stereocenters. The van der Waals surface area contributed by atoms with E-state index in [4.69, 9.17) is 11.6 Å². The van der Waals surface area contributed by atoms with Crippen LogP contribution in [0, 0.1) is 35.9 Å². The molecule has 1 aliphatic heterocycles. The van der Waals surface area contributed by atoms with E-state index in [1.807, 2.05) is 13.0 Å². The number of carbonyl (C=O) groups excluding carboxylic acids is 2. The second-order valence-corrected chi connectivity index (χ2v) is 11.0. The zero-order chi connectivity index (χ0) is 26.7. The number of pyridine rings is 1. The second kappa shape index (κ2) is 9.21. The van der Waals surface area contributed by atoms with Gasteiger partial charge in [0.05, 0.1) is 29.4 Å². The van der Waals surface area contributed by atoms with Crippen molar-refractivity contribution in [3.8, 4) is 6.07 Å². The van der Waals surface area contributed by atoms with E-state index in [9.17, 15) is 14.9 Å². The van der Waals surface area contributed by atoms with Crippen LogP contribution < -0.4 is 10.2 Å². The Kier molecular flexibility index (Phi) is 5.95. The van der Waals surface area contributed by atoms with E-state index in [2.05, 4.69) is 21.5 Å². The SMILES string of the molecule is Cc1c(C(C)n2cc(C(=O)N[C@H]3C[C@@H](c4cc(Cl)ccc4C#N)C3)cn2)cnc(N2C[C@H]3C[C@H]3C2=O)c1F. The monoisotopic (exact) mass is 532 g/mol. The average Bonchev–Trinajstić information content (AvgIpc) is 3.33. The summed E-state index contributed by atoms with van der Waals surface area (Å²) in [6.07, 6.45) is 7.08. The van der Waals surface area contributed by atoms with Gasteiger partial charge in [0, 0.05) is 41.5 Å². The molecule has 2 aliphatic carbocycles. The lowest BCUT2D eigenvalue weighted by molar-refractivity contribution is -0.118. The molecule has 38 heavy (non-hydrogen) atoms. The topological polar surface area (TPSA) is 104 Å². The van der Waals surface area contributed by atoms with Crippen LogP contribution in [0.1, 0.15) is 70.8 Å². The quantitative estimate of drug-likeness (QED) is 0.502. The van der Waals surface area contributed by atoms with Crippen LogP contribution in [0.3, 0.4) is 0 Å². The van der Waals surface area contributed by atoms with E-state index in [1.54, 1.807) is 36.1 Å². The Morgan fingerprint density at radius 3 is 2.79 bits per heavy atom. The minimum Gasteiger partial charge on any atom is -0.349 e. The van der Waals surface area contributed by atoms with Gasteiger partial charge in [-0.25, -0.2) is 9.37 Å². The third kappa shape index (κ3) is 4.13. The van der Waals surface area contributed by atoms with E-state index in [0.717, 1.165) is 24.8 Å². The van der Waals surface area contributed by atoms with E-state index in [1.165, 1.54) is 11.1 Å². The molecule has 3 aromatic rings. The highest BCUT2D eigenvalue weighted by Gasteiger charge is 2.53. The number of piperidine rings is 1. The Bertz CT molecular complexity index is 1510. The zero-order valence-electron chi connectivity index (χ0n) is 21.0. The summed E-state index contributed by atoms with van der Waals surface area (Å²) in [6, 6.07) is 7.09. The van der Waals surface area contributed by atoms with Crippen molar-refractivity contribution in [1.29, 1.82) is 5.26 Å². The van der Waals surface area contributed by atoms with Crippen molar-refractivity contribution in [2.45, 2.75) is 51.1 Å². The maximum absolute atomic E-state index is 15.3. The molecule has 3 fully saturated rings. The van der Waals surface area contributed by atoms with E-state index >= 15 is 4.39 Å². The fourth-order valence-corrected chi connectivity index (χ4v) is 5.88. The Labute approximate surface area is 224 Å². The van der Waals surface area contributed by atoms with Crippen molar-refractivity contribution < 1.29 is 14.0 Å². The summed E-state index contributed by atoms with van der Waals surface area (Å²) in [5.41, 5.74) is 2.98. The van der Waals surface area contributed by atoms with Crippen molar-refractivity contribution >= 4 is 29.2 Å². The number of nitriles is 1. The molecular formula is C28H26ClFN6O2. The van der Waals surface area contributed by atoms with Gasteiger partial charge in [0.2, 0.25) is 5.91 Å². The summed E-state index contributed by atoms with van der Waals surface area (Å²) in [6.45, 7) is 4.07. The van der Waals surface area contributed by atoms with E-state index in [0.29, 0.717) is 39.7 Å². The minimum atomic E-state index is -0.493. The number of carbonyl (C=O) groups is 2. The number of halogens is 2. The first kappa shape index (κ1) is 24.6. The Balaban J connectivity index is 1.11. The van der Waals surface area contributed by atoms with Crippen LogP contribution in [0.5, 0.6) is 0 Å². The number of nitrogens with one attached hydrogen (secondary N) is 1. The lowest BCUT2D eigenvalue weighted by atomic mass is 9.74. The predicted molar refractivity (Wildman–Crippen MR) is 138 cm³/mol. The molecule has 0 radical (unpaired) electrons. The number of rotatable bonds is 6. The highest BCUT2D eigenvalue weighted by Crippen LogP contribution is 2.47. The molecule has 1 unspecified atom stereocenters. The molecule has 2 amide bonds. The van der Waals surface area contributed by atoms with Gasteiger partial charge in [-0.3, -0.25) is 19.2 Å². The third-order valence-corrected chi connectivity index (χ3v) is 8.46. The Morgan fingerprint density at radius 2 is 2.08 bits per heavy atom. The second-order valence-electron chi connectivity index (χ2n) is 10.6. The van der Waals surface area contributed by atoms with Gasteiger partial charge in [0.25, 0.3) is 5.91 Å². The third-order valence-electron chi connectivity index (χ3n) is 8.22. The lowest BCUT2D eigenvalue weighted by Gasteiger charge is -2.36. The van der Waals surface area contributed by atoms with Crippen molar-refractivity contribution in [2.75, 3.05) is 11.4 Å². The van der Waals surface area contributed by atoms with E-state index < -0.39 is 5.82 Å². The van der Waals surface area contributed by atoms with Gasteiger partial charge >= 0.3 is 0 Å². The van der Waals surface area contributed by atoms with Gasteiger partial charge in [0.1, 0.15) is 0 Å². The normalized spacial score (nSPS) is 24.4. The fraction of sp³-hybridized carbons (Fsp3) is 0.393. The van der Waals surface area contributed by atoms with Gasteiger partial charge in [-0.2, -0.15) is 10.4 Å². The molecule has 194 valence electrons. The van der Waals surface area contributed by atoms with Crippen LogP contribution in [-0.4, -0.2) is 39.2 Å². The standard InChI is InChI=1S/C28H26ClFN6O2/c1-14-24(11-32-26(25(14)30)35-12-18-7-23(18)28(35)38)15(2)36-13-19(10-33-36)27(37)34-21-5-17(6-21)22-8-20(29)4-3-16(22)9-31/h3-4,8,10-11,13,15,17-18,21,23H,5-7,12H2,1-2H3,(H,34,37)/t15?,17-,18-,21+,23-/m1/s1. The highest BCUT2D eigenvalue weighted by molar-refractivity contribution is 6.30. The first-order valence-electron chi connectivity index (χ1n) is 12.8.